The van der Waals surface area contributed by atoms with Gasteiger partial charge in [0.05, 0.1) is 17.5 Å². The highest BCUT2D eigenvalue weighted by Crippen LogP contribution is 2.26. The number of benzene rings is 1. The van der Waals surface area contributed by atoms with Gasteiger partial charge in [0.1, 0.15) is 5.75 Å². The molecule has 0 fully saturated rings. The zero-order chi connectivity index (χ0) is 10.7. The fourth-order valence-electron chi connectivity index (χ4n) is 1.21. The van der Waals surface area contributed by atoms with Crippen LogP contribution in [0.4, 0.5) is 5.69 Å². The van der Waals surface area contributed by atoms with Crippen molar-refractivity contribution in [3.8, 4) is 5.75 Å². The van der Waals surface area contributed by atoms with Crippen LogP contribution in [0.15, 0.2) is 41.2 Å². The Hall–Kier alpha value is -1.61. The summed E-state index contributed by atoms with van der Waals surface area (Å²) in [5.74, 6) is 0.0885. The molecule has 0 aliphatic carbocycles. The zero-order valence-electron chi connectivity index (χ0n) is 7.90. The van der Waals surface area contributed by atoms with Gasteiger partial charge in [0.25, 0.3) is 0 Å². The molecule has 0 atom stereocenters. The second kappa shape index (κ2) is 4.28. The molecule has 1 aromatic carbocycles. The quantitative estimate of drug-likeness (QED) is 0.786. The second-order valence-electron chi connectivity index (χ2n) is 3.15. The highest BCUT2D eigenvalue weighted by atomic mass is 35.5. The second-order valence-corrected chi connectivity index (χ2v) is 3.56. The monoisotopic (exact) mass is 223 g/mol. The number of phenols is 1. The maximum Gasteiger partial charge on any atom is 0.134 e. The molecular formula is C11H10ClNO2. The van der Waals surface area contributed by atoms with Crippen LogP contribution in [0.25, 0.3) is 0 Å². The first-order valence-electron chi connectivity index (χ1n) is 4.49. The average Bonchev–Trinajstić information content (AvgIpc) is 2.73. The number of hydrogen-bond acceptors (Lipinski definition) is 3. The highest BCUT2D eigenvalue weighted by molar-refractivity contribution is 6.32. The normalized spacial score (nSPS) is 10.2. The first-order valence-corrected chi connectivity index (χ1v) is 4.87. The van der Waals surface area contributed by atoms with Gasteiger partial charge in [-0.25, -0.2) is 0 Å². The maximum absolute atomic E-state index is 9.22. The summed E-state index contributed by atoms with van der Waals surface area (Å²) in [7, 11) is 0. The summed E-state index contributed by atoms with van der Waals surface area (Å²) in [6.45, 7) is 0.664. The number of phenolic OH excluding ortho intramolecular Hbond substituents is 1. The summed E-state index contributed by atoms with van der Waals surface area (Å²) in [4.78, 5) is 0. The summed E-state index contributed by atoms with van der Waals surface area (Å²) >= 11 is 5.77. The summed E-state index contributed by atoms with van der Waals surface area (Å²) in [5.41, 5.74) is 1.91. The van der Waals surface area contributed by atoms with E-state index in [-0.39, 0.29) is 5.75 Å². The van der Waals surface area contributed by atoms with Crippen LogP contribution in [-0.2, 0) is 6.54 Å². The Morgan fingerprint density at radius 1 is 1.33 bits per heavy atom. The number of nitrogens with one attached hydrogen (secondary N) is 1. The van der Waals surface area contributed by atoms with Crippen molar-refractivity contribution in [1.82, 2.24) is 0 Å². The van der Waals surface area contributed by atoms with Crippen molar-refractivity contribution < 1.29 is 9.52 Å². The Kier molecular flexibility index (Phi) is 2.83. The highest BCUT2D eigenvalue weighted by Gasteiger charge is 2.00. The van der Waals surface area contributed by atoms with E-state index in [2.05, 4.69) is 5.32 Å². The third kappa shape index (κ3) is 2.44. The van der Waals surface area contributed by atoms with Crippen molar-refractivity contribution in [2.45, 2.75) is 6.54 Å². The van der Waals surface area contributed by atoms with E-state index < -0.39 is 0 Å². The predicted molar refractivity (Wildman–Crippen MR) is 59.2 cm³/mol. The lowest BCUT2D eigenvalue weighted by Crippen LogP contribution is -1.97. The topological polar surface area (TPSA) is 45.4 Å². The van der Waals surface area contributed by atoms with Crippen LogP contribution in [0.1, 0.15) is 5.56 Å². The van der Waals surface area contributed by atoms with Crippen molar-refractivity contribution in [2.24, 2.45) is 0 Å². The molecule has 0 unspecified atom stereocenters. The fraction of sp³-hybridized carbons (Fsp3) is 0.0909. The van der Waals surface area contributed by atoms with Crippen molar-refractivity contribution in [3.05, 3.63) is 47.4 Å². The molecule has 0 saturated heterocycles. The molecule has 0 radical (unpaired) electrons. The minimum Gasteiger partial charge on any atom is -0.506 e. The number of aromatic hydroxyl groups is 1. The number of anilines is 1. The van der Waals surface area contributed by atoms with Crippen molar-refractivity contribution in [3.63, 3.8) is 0 Å². The van der Waals surface area contributed by atoms with Gasteiger partial charge in [-0.1, -0.05) is 11.6 Å². The third-order valence-electron chi connectivity index (χ3n) is 2.02. The van der Waals surface area contributed by atoms with Crippen molar-refractivity contribution in [2.75, 3.05) is 5.32 Å². The SMILES string of the molecule is Oc1ccc(NCc2ccoc2)cc1Cl. The Balaban J connectivity index is 2.02. The number of halogens is 1. The predicted octanol–water partition coefficient (Wildman–Crippen LogP) is 3.25. The van der Waals surface area contributed by atoms with Crippen LogP contribution >= 0.6 is 11.6 Å². The van der Waals surface area contributed by atoms with Gasteiger partial charge >= 0.3 is 0 Å². The van der Waals surface area contributed by atoms with E-state index in [1.54, 1.807) is 30.7 Å². The van der Waals surface area contributed by atoms with E-state index in [0.717, 1.165) is 11.3 Å². The lowest BCUT2D eigenvalue weighted by Gasteiger charge is -2.05. The van der Waals surface area contributed by atoms with E-state index in [4.69, 9.17) is 16.0 Å². The van der Waals surface area contributed by atoms with Gasteiger partial charge < -0.3 is 14.8 Å². The Bertz CT molecular complexity index is 440. The molecule has 3 nitrogen and oxygen atoms in total. The molecule has 15 heavy (non-hydrogen) atoms. The number of rotatable bonds is 3. The van der Waals surface area contributed by atoms with Crippen LogP contribution in [-0.4, -0.2) is 5.11 Å². The molecule has 0 amide bonds. The zero-order valence-corrected chi connectivity index (χ0v) is 8.66. The minimum absolute atomic E-state index is 0.0885. The summed E-state index contributed by atoms with van der Waals surface area (Å²) in [6.07, 6.45) is 3.30. The molecule has 2 aromatic rings. The molecule has 1 aromatic heterocycles. The molecule has 2 N–H and O–H groups in total. The molecular weight excluding hydrogens is 214 g/mol. The van der Waals surface area contributed by atoms with Crippen LogP contribution in [0.5, 0.6) is 5.75 Å². The molecule has 0 spiro atoms. The summed E-state index contributed by atoms with van der Waals surface area (Å²) < 4.78 is 4.94. The Morgan fingerprint density at radius 3 is 2.87 bits per heavy atom. The van der Waals surface area contributed by atoms with Gasteiger partial charge in [0.2, 0.25) is 0 Å². The van der Waals surface area contributed by atoms with E-state index in [9.17, 15) is 5.11 Å². The van der Waals surface area contributed by atoms with Crippen molar-refractivity contribution >= 4 is 17.3 Å². The summed E-state index contributed by atoms with van der Waals surface area (Å²) in [6, 6.07) is 6.88. The van der Waals surface area contributed by atoms with E-state index >= 15 is 0 Å². The Labute approximate surface area is 92.3 Å². The largest absolute Gasteiger partial charge is 0.506 e. The smallest absolute Gasteiger partial charge is 0.134 e. The molecule has 4 heteroatoms. The molecule has 1 heterocycles. The maximum atomic E-state index is 9.22. The summed E-state index contributed by atoms with van der Waals surface area (Å²) in [5, 5.41) is 12.7. The molecule has 78 valence electrons. The standard InChI is InChI=1S/C11H10ClNO2/c12-10-5-9(1-2-11(10)14)13-6-8-3-4-15-7-8/h1-5,7,13-14H,6H2. The van der Waals surface area contributed by atoms with Gasteiger partial charge in [0, 0.05) is 17.8 Å². The molecule has 2 rings (SSSR count). The van der Waals surface area contributed by atoms with Crippen LogP contribution < -0.4 is 5.32 Å². The van der Waals surface area contributed by atoms with E-state index in [0.29, 0.717) is 11.6 Å². The van der Waals surface area contributed by atoms with E-state index in [1.165, 1.54) is 0 Å². The Morgan fingerprint density at radius 2 is 2.20 bits per heavy atom. The van der Waals surface area contributed by atoms with Gasteiger partial charge in [0.15, 0.2) is 0 Å². The van der Waals surface area contributed by atoms with Gasteiger partial charge in [-0.05, 0) is 24.3 Å². The van der Waals surface area contributed by atoms with Crippen LogP contribution in [0, 0.1) is 0 Å². The lowest BCUT2D eigenvalue weighted by molar-refractivity contribution is 0.475. The molecule has 0 saturated carbocycles. The number of hydrogen-bond donors (Lipinski definition) is 2. The first-order chi connectivity index (χ1) is 7.25. The van der Waals surface area contributed by atoms with Gasteiger partial charge in [-0.15, -0.1) is 0 Å². The van der Waals surface area contributed by atoms with Crippen LogP contribution in [0.2, 0.25) is 5.02 Å². The molecule has 0 aliphatic rings. The average molecular weight is 224 g/mol. The molecule has 0 aliphatic heterocycles. The lowest BCUT2D eigenvalue weighted by atomic mass is 10.3. The van der Waals surface area contributed by atoms with Gasteiger partial charge in [-0.2, -0.15) is 0 Å². The minimum atomic E-state index is 0.0885. The first kappa shape index (κ1) is 9.93. The fourth-order valence-corrected chi connectivity index (χ4v) is 1.39. The molecule has 0 bridgehead atoms. The van der Waals surface area contributed by atoms with Crippen LogP contribution in [0.3, 0.4) is 0 Å². The third-order valence-corrected chi connectivity index (χ3v) is 2.33. The number of furan rings is 1. The van der Waals surface area contributed by atoms with E-state index in [1.807, 2.05) is 6.07 Å². The van der Waals surface area contributed by atoms with Gasteiger partial charge in [-0.3, -0.25) is 0 Å². The van der Waals surface area contributed by atoms with Crippen molar-refractivity contribution in [1.29, 1.82) is 0 Å².